The quantitative estimate of drug-likeness (QED) is 0.331. The first-order valence-electron chi connectivity index (χ1n) is 11.6. The van der Waals surface area contributed by atoms with Gasteiger partial charge in [-0.15, -0.1) is 11.3 Å². The van der Waals surface area contributed by atoms with Gasteiger partial charge < -0.3 is 10.1 Å². The maximum atomic E-state index is 13.4. The molecule has 0 bridgehead atoms. The van der Waals surface area contributed by atoms with Crippen molar-refractivity contribution >= 4 is 33.1 Å². The summed E-state index contributed by atoms with van der Waals surface area (Å²) < 4.78 is 6.91. The third-order valence-electron chi connectivity index (χ3n) is 5.68. The van der Waals surface area contributed by atoms with Gasteiger partial charge >= 0.3 is 0 Å². The molecule has 1 N–H and O–H groups in total. The predicted octanol–water partition coefficient (Wildman–Crippen LogP) is 5.81. The van der Waals surface area contributed by atoms with Crippen molar-refractivity contribution in [2.45, 2.75) is 46.6 Å². The van der Waals surface area contributed by atoms with Crippen LogP contribution in [0.2, 0.25) is 0 Å². The summed E-state index contributed by atoms with van der Waals surface area (Å²) in [5.74, 6) is 0.521. The first-order chi connectivity index (χ1) is 16.5. The van der Waals surface area contributed by atoms with E-state index < -0.39 is 0 Å². The van der Waals surface area contributed by atoms with E-state index in [0.717, 1.165) is 41.0 Å². The second-order valence-electron chi connectivity index (χ2n) is 8.20. The van der Waals surface area contributed by atoms with Crippen molar-refractivity contribution in [3.63, 3.8) is 0 Å². The van der Waals surface area contributed by atoms with Gasteiger partial charge in [-0.05, 0) is 62.1 Å². The molecule has 1 amide bonds. The molecule has 0 fully saturated rings. The number of nitrogens with one attached hydrogen (secondary N) is 1. The van der Waals surface area contributed by atoms with Crippen LogP contribution in [0.1, 0.15) is 37.1 Å². The van der Waals surface area contributed by atoms with E-state index in [1.807, 2.05) is 62.4 Å². The van der Waals surface area contributed by atoms with Crippen LogP contribution in [0.4, 0.5) is 5.69 Å². The number of hydrogen-bond donors (Lipinski definition) is 1. The summed E-state index contributed by atoms with van der Waals surface area (Å²) in [6, 6.07) is 15.6. The Bertz CT molecular complexity index is 1340. The number of benzene rings is 2. The Hall–Kier alpha value is -3.45. The molecule has 0 unspecified atom stereocenters. The highest BCUT2D eigenvalue weighted by Gasteiger charge is 2.18. The lowest BCUT2D eigenvalue weighted by molar-refractivity contribution is -0.116. The van der Waals surface area contributed by atoms with E-state index in [1.165, 1.54) is 27.8 Å². The van der Waals surface area contributed by atoms with Gasteiger partial charge in [0.2, 0.25) is 5.91 Å². The van der Waals surface area contributed by atoms with Crippen LogP contribution >= 0.6 is 11.3 Å². The van der Waals surface area contributed by atoms with Gasteiger partial charge in [-0.2, -0.15) is 0 Å². The molecule has 6 nitrogen and oxygen atoms in total. The largest absolute Gasteiger partial charge is 0.494 e. The van der Waals surface area contributed by atoms with Crippen molar-refractivity contribution in [3.05, 3.63) is 75.7 Å². The number of unbranched alkanes of at least 4 members (excludes halogenated alkanes) is 1. The molecule has 2 aromatic carbocycles. The topological polar surface area (TPSA) is 73.2 Å². The first kappa shape index (κ1) is 23.7. The number of carbonyl (C=O) groups excluding carboxylic acids is 1. The number of carbonyl (C=O) groups is 1. The van der Waals surface area contributed by atoms with Crippen LogP contribution in [0.25, 0.3) is 21.3 Å². The lowest BCUT2D eigenvalue weighted by Gasteiger charge is -2.09. The van der Waals surface area contributed by atoms with Crippen molar-refractivity contribution in [3.8, 4) is 16.9 Å². The molecule has 0 aliphatic rings. The second-order valence-corrected chi connectivity index (χ2v) is 9.40. The van der Waals surface area contributed by atoms with Gasteiger partial charge in [0.05, 0.1) is 18.3 Å². The highest BCUT2D eigenvalue weighted by Crippen LogP contribution is 2.36. The fourth-order valence-electron chi connectivity index (χ4n) is 3.97. The van der Waals surface area contributed by atoms with E-state index in [9.17, 15) is 9.59 Å². The number of ether oxygens (including phenoxy) is 1. The molecule has 2 aromatic heterocycles. The van der Waals surface area contributed by atoms with Gasteiger partial charge in [0.1, 0.15) is 17.1 Å². The van der Waals surface area contributed by atoms with E-state index in [-0.39, 0.29) is 18.0 Å². The summed E-state index contributed by atoms with van der Waals surface area (Å²) in [7, 11) is 0. The summed E-state index contributed by atoms with van der Waals surface area (Å²) in [6.07, 6.45) is 4.78. The minimum absolute atomic E-state index is 0.100. The van der Waals surface area contributed by atoms with Gasteiger partial charge in [0, 0.05) is 16.1 Å². The zero-order valence-corrected chi connectivity index (χ0v) is 20.6. The molecule has 0 saturated carbocycles. The summed E-state index contributed by atoms with van der Waals surface area (Å²) in [6.45, 7) is 6.59. The van der Waals surface area contributed by atoms with Gasteiger partial charge in [-0.3, -0.25) is 14.2 Å². The van der Waals surface area contributed by atoms with Crippen LogP contribution in [0, 0.1) is 6.92 Å². The molecular formula is C27H29N3O3S. The zero-order valence-electron chi connectivity index (χ0n) is 19.8. The smallest absolute Gasteiger partial charge is 0.263 e. The second kappa shape index (κ2) is 10.7. The maximum Gasteiger partial charge on any atom is 0.263 e. The molecule has 0 aliphatic carbocycles. The molecule has 2 heterocycles. The van der Waals surface area contributed by atoms with Gasteiger partial charge in [-0.1, -0.05) is 37.6 Å². The third kappa shape index (κ3) is 5.20. The molecule has 0 atom stereocenters. The molecule has 0 spiro atoms. The number of fused-ring (bicyclic) bond motifs is 1. The Morgan fingerprint density at radius 2 is 1.82 bits per heavy atom. The fraction of sp³-hybridized carbons (Fsp3) is 0.296. The van der Waals surface area contributed by atoms with E-state index in [0.29, 0.717) is 22.5 Å². The van der Waals surface area contributed by atoms with Crippen LogP contribution in [0.15, 0.2) is 59.7 Å². The fourth-order valence-corrected chi connectivity index (χ4v) is 4.98. The molecule has 0 aliphatic heterocycles. The van der Waals surface area contributed by atoms with E-state index >= 15 is 0 Å². The Morgan fingerprint density at radius 3 is 2.50 bits per heavy atom. The van der Waals surface area contributed by atoms with Crippen molar-refractivity contribution in [1.29, 1.82) is 0 Å². The number of aryl methyl sites for hydroxylation is 2. The van der Waals surface area contributed by atoms with E-state index in [4.69, 9.17) is 4.74 Å². The van der Waals surface area contributed by atoms with Gasteiger partial charge in [-0.25, -0.2) is 4.98 Å². The molecular weight excluding hydrogens is 446 g/mol. The van der Waals surface area contributed by atoms with Crippen molar-refractivity contribution in [2.24, 2.45) is 0 Å². The molecule has 7 heteroatoms. The molecule has 0 saturated heterocycles. The van der Waals surface area contributed by atoms with E-state index in [2.05, 4.69) is 17.2 Å². The maximum absolute atomic E-state index is 13.4. The molecule has 176 valence electrons. The number of aromatic nitrogens is 2. The lowest BCUT2D eigenvalue weighted by atomic mass is 10.0. The zero-order chi connectivity index (χ0) is 24.1. The molecule has 4 rings (SSSR count). The van der Waals surface area contributed by atoms with Crippen LogP contribution in [-0.2, 0) is 17.8 Å². The number of hydrogen-bond acceptors (Lipinski definition) is 5. The standard InChI is InChI=1S/C27H29N3O3S/c1-4-6-7-19-8-12-21(13-9-19)29-23(31)16-30-17-28-26-25(27(30)32)24(18(3)34-26)20-10-14-22(15-11-20)33-5-2/h8-15,17H,4-7,16H2,1-3H3,(H,29,31). The Balaban J connectivity index is 1.56. The van der Waals surface area contributed by atoms with Crippen molar-refractivity contribution in [2.75, 3.05) is 11.9 Å². The Morgan fingerprint density at radius 1 is 1.09 bits per heavy atom. The number of amides is 1. The minimum Gasteiger partial charge on any atom is -0.494 e. The summed E-state index contributed by atoms with van der Waals surface area (Å²) in [5, 5.41) is 3.42. The SMILES string of the molecule is CCCCc1ccc(NC(=O)Cn2cnc3sc(C)c(-c4ccc(OCC)cc4)c3c2=O)cc1. The van der Waals surface area contributed by atoms with Gasteiger partial charge in [0.15, 0.2) is 0 Å². The highest BCUT2D eigenvalue weighted by atomic mass is 32.1. The van der Waals surface area contributed by atoms with Gasteiger partial charge in [0.25, 0.3) is 5.56 Å². The average Bonchev–Trinajstić information content (AvgIpc) is 3.18. The van der Waals surface area contributed by atoms with Crippen LogP contribution in [-0.4, -0.2) is 22.1 Å². The number of nitrogens with zero attached hydrogens (tertiary/aromatic N) is 2. The predicted molar refractivity (Wildman–Crippen MR) is 139 cm³/mol. The lowest BCUT2D eigenvalue weighted by Crippen LogP contribution is -2.27. The van der Waals surface area contributed by atoms with Crippen molar-refractivity contribution in [1.82, 2.24) is 9.55 Å². The average molecular weight is 476 g/mol. The minimum atomic E-state index is -0.265. The highest BCUT2D eigenvalue weighted by molar-refractivity contribution is 7.19. The Labute approximate surface area is 203 Å². The Kier molecular flexibility index (Phi) is 7.43. The summed E-state index contributed by atoms with van der Waals surface area (Å²) in [4.78, 5) is 32.2. The molecule has 0 radical (unpaired) electrons. The monoisotopic (exact) mass is 475 g/mol. The third-order valence-corrected chi connectivity index (χ3v) is 6.69. The number of rotatable bonds is 9. The van der Waals surface area contributed by atoms with Crippen molar-refractivity contribution < 1.29 is 9.53 Å². The normalized spacial score (nSPS) is 11.0. The molecule has 34 heavy (non-hydrogen) atoms. The summed E-state index contributed by atoms with van der Waals surface area (Å²) in [5.41, 5.74) is 3.53. The molecule has 4 aromatic rings. The number of thiophene rings is 1. The van der Waals surface area contributed by atoms with Crippen LogP contribution in [0.3, 0.4) is 0 Å². The van der Waals surface area contributed by atoms with Crippen LogP contribution in [0.5, 0.6) is 5.75 Å². The number of anilines is 1. The first-order valence-corrected chi connectivity index (χ1v) is 12.4. The van der Waals surface area contributed by atoms with Crippen LogP contribution < -0.4 is 15.6 Å². The summed E-state index contributed by atoms with van der Waals surface area (Å²) >= 11 is 1.48. The van der Waals surface area contributed by atoms with E-state index in [1.54, 1.807) is 0 Å².